The average Bonchev–Trinajstić information content (AvgIpc) is 3.22. The molecule has 0 aliphatic carbocycles. The molecule has 5 rings (SSSR count). The topological polar surface area (TPSA) is 75.5 Å². The highest BCUT2D eigenvalue weighted by molar-refractivity contribution is 5.96. The number of benzene rings is 2. The van der Waals surface area contributed by atoms with Crippen LogP contribution >= 0.6 is 0 Å². The highest BCUT2D eigenvalue weighted by atomic mass is 16.2. The van der Waals surface area contributed by atoms with Gasteiger partial charge in [-0.15, -0.1) is 0 Å². The number of imidazole rings is 1. The van der Waals surface area contributed by atoms with Crippen LogP contribution < -0.4 is 10.6 Å². The van der Waals surface area contributed by atoms with Crippen LogP contribution in [-0.2, 0) is 16.0 Å². The van der Waals surface area contributed by atoms with Crippen LogP contribution in [0.4, 0.5) is 11.4 Å². The molecular weight excluding hydrogens is 388 g/mol. The predicted octanol–water partition coefficient (Wildman–Crippen LogP) is 4.53. The Labute approximate surface area is 179 Å². The van der Waals surface area contributed by atoms with Crippen LogP contribution in [-0.4, -0.2) is 21.2 Å². The number of rotatable bonds is 5. The van der Waals surface area contributed by atoms with Crippen molar-refractivity contribution in [1.82, 2.24) is 9.38 Å². The summed E-state index contributed by atoms with van der Waals surface area (Å²) in [6.45, 7) is 0. The maximum atomic E-state index is 12.4. The fourth-order valence-electron chi connectivity index (χ4n) is 3.97. The first-order valence-corrected chi connectivity index (χ1v) is 10.4. The van der Waals surface area contributed by atoms with Gasteiger partial charge in [-0.2, -0.15) is 0 Å². The van der Waals surface area contributed by atoms with E-state index in [0.717, 1.165) is 33.8 Å². The van der Waals surface area contributed by atoms with E-state index >= 15 is 0 Å². The molecule has 2 amide bonds. The molecule has 3 heterocycles. The number of pyridine rings is 1. The summed E-state index contributed by atoms with van der Waals surface area (Å²) in [7, 11) is 0. The summed E-state index contributed by atoms with van der Waals surface area (Å²) in [4.78, 5) is 29.4. The molecule has 31 heavy (non-hydrogen) atoms. The minimum atomic E-state index is -0.182. The van der Waals surface area contributed by atoms with E-state index in [4.69, 9.17) is 0 Å². The van der Waals surface area contributed by atoms with E-state index < -0.39 is 0 Å². The fourth-order valence-corrected chi connectivity index (χ4v) is 3.97. The summed E-state index contributed by atoms with van der Waals surface area (Å²) >= 11 is 0. The van der Waals surface area contributed by atoms with E-state index in [0.29, 0.717) is 19.3 Å². The van der Waals surface area contributed by atoms with E-state index in [2.05, 4.69) is 15.6 Å². The minimum Gasteiger partial charge on any atom is -0.326 e. The molecule has 2 N–H and O–H groups in total. The van der Waals surface area contributed by atoms with Gasteiger partial charge in [0.1, 0.15) is 5.65 Å². The number of amides is 2. The zero-order valence-electron chi connectivity index (χ0n) is 16.9. The van der Waals surface area contributed by atoms with Gasteiger partial charge in [-0.05, 0) is 48.7 Å². The van der Waals surface area contributed by atoms with Crippen LogP contribution in [0.15, 0.2) is 79.1 Å². The molecule has 2 aromatic heterocycles. The van der Waals surface area contributed by atoms with Crippen LogP contribution in [0.2, 0.25) is 0 Å². The molecule has 0 saturated heterocycles. The van der Waals surface area contributed by atoms with Gasteiger partial charge in [-0.1, -0.05) is 36.4 Å². The second-order valence-electron chi connectivity index (χ2n) is 7.80. The predicted molar refractivity (Wildman–Crippen MR) is 121 cm³/mol. The number of nitrogens with one attached hydrogen (secondary N) is 2. The van der Waals surface area contributed by atoms with Gasteiger partial charge in [0.15, 0.2) is 0 Å². The Hall–Kier alpha value is -3.93. The third-order valence-electron chi connectivity index (χ3n) is 5.66. The maximum Gasteiger partial charge on any atom is 0.227 e. The standard InChI is InChI=1S/C25H22N4O2/c30-24(13-10-19-15-18-5-1-2-6-21(18)28-25(19)31)26-20-11-8-17(9-12-20)22-16-29-14-4-3-7-23(29)27-22/h1-9,11-12,14,16,19H,10,13,15H2,(H,26,30)(H,28,31). The van der Waals surface area contributed by atoms with Crippen LogP contribution in [0, 0.1) is 5.92 Å². The van der Waals surface area contributed by atoms with Crippen LogP contribution in [0.5, 0.6) is 0 Å². The quantitative estimate of drug-likeness (QED) is 0.508. The lowest BCUT2D eigenvalue weighted by Crippen LogP contribution is -2.30. The van der Waals surface area contributed by atoms with Crippen LogP contribution in [0.1, 0.15) is 18.4 Å². The zero-order chi connectivity index (χ0) is 21.2. The lowest BCUT2D eigenvalue weighted by molar-refractivity contribution is -0.121. The Kier molecular flexibility index (Phi) is 4.96. The summed E-state index contributed by atoms with van der Waals surface area (Å²) in [6, 6.07) is 21.3. The molecule has 6 nitrogen and oxygen atoms in total. The minimum absolute atomic E-state index is 0.0108. The second-order valence-corrected chi connectivity index (χ2v) is 7.80. The normalized spacial score (nSPS) is 15.4. The summed E-state index contributed by atoms with van der Waals surface area (Å²) in [5.74, 6) is -0.284. The Morgan fingerprint density at radius 2 is 1.87 bits per heavy atom. The number of anilines is 2. The number of nitrogens with zero attached hydrogens (tertiary/aromatic N) is 2. The summed E-state index contributed by atoms with van der Waals surface area (Å²) in [6.07, 6.45) is 5.44. The van der Waals surface area contributed by atoms with Gasteiger partial charge in [0, 0.05) is 41.7 Å². The smallest absolute Gasteiger partial charge is 0.227 e. The van der Waals surface area contributed by atoms with E-state index in [-0.39, 0.29) is 17.7 Å². The molecule has 0 radical (unpaired) electrons. The highest BCUT2D eigenvalue weighted by Crippen LogP contribution is 2.28. The Balaban J connectivity index is 1.19. The van der Waals surface area contributed by atoms with Gasteiger partial charge >= 0.3 is 0 Å². The molecule has 1 aliphatic heterocycles. The summed E-state index contributed by atoms with van der Waals surface area (Å²) < 4.78 is 1.98. The molecule has 0 bridgehead atoms. The lowest BCUT2D eigenvalue weighted by Gasteiger charge is -2.24. The molecular formula is C25H22N4O2. The van der Waals surface area contributed by atoms with E-state index in [1.165, 1.54) is 0 Å². The Morgan fingerprint density at radius 1 is 1.06 bits per heavy atom. The van der Waals surface area contributed by atoms with Gasteiger partial charge in [0.25, 0.3) is 0 Å². The van der Waals surface area contributed by atoms with Gasteiger partial charge in [0.05, 0.1) is 5.69 Å². The second kappa shape index (κ2) is 8.07. The van der Waals surface area contributed by atoms with Crippen LogP contribution in [0.3, 0.4) is 0 Å². The molecule has 154 valence electrons. The third-order valence-corrected chi connectivity index (χ3v) is 5.66. The van der Waals surface area contributed by atoms with Crippen molar-refractivity contribution in [2.24, 2.45) is 5.92 Å². The first-order valence-electron chi connectivity index (χ1n) is 10.4. The first-order chi connectivity index (χ1) is 15.2. The Morgan fingerprint density at radius 3 is 2.71 bits per heavy atom. The fraction of sp³-hybridized carbons (Fsp3) is 0.160. The van der Waals surface area contributed by atoms with E-state index in [1.807, 2.05) is 83.5 Å². The van der Waals surface area contributed by atoms with Crippen molar-refractivity contribution in [1.29, 1.82) is 0 Å². The zero-order valence-corrected chi connectivity index (χ0v) is 16.9. The van der Waals surface area contributed by atoms with Gasteiger partial charge in [-0.3, -0.25) is 9.59 Å². The van der Waals surface area contributed by atoms with Crippen molar-refractivity contribution in [3.05, 3.63) is 84.7 Å². The van der Waals surface area contributed by atoms with Crippen molar-refractivity contribution in [3.8, 4) is 11.3 Å². The van der Waals surface area contributed by atoms with Crippen molar-refractivity contribution in [3.63, 3.8) is 0 Å². The van der Waals surface area contributed by atoms with Gasteiger partial charge < -0.3 is 15.0 Å². The Bertz CT molecular complexity index is 1230. The van der Waals surface area contributed by atoms with Crippen LogP contribution in [0.25, 0.3) is 16.9 Å². The van der Waals surface area contributed by atoms with Crippen molar-refractivity contribution < 1.29 is 9.59 Å². The molecule has 6 heteroatoms. The van der Waals surface area contributed by atoms with Crippen molar-refractivity contribution in [2.75, 3.05) is 10.6 Å². The SMILES string of the molecule is O=C(CCC1Cc2ccccc2NC1=O)Nc1ccc(-c2cn3ccccc3n2)cc1. The third kappa shape index (κ3) is 4.05. The molecule has 1 aliphatic rings. The summed E-state index contributed by atoms with van der Waals surface area (Å²) in [5, 5.41) is 5.86. The first kappa shape index (κ1) is 19.1. The van der Waals surface area contributed by atoms with E-state index in [9.17, 15) is 9.59 Å². The number of para-hydroxylation sites is 1. The lowest BCUT2D eigenvalue weighted by atomic mass is 9.89. The molecule has 2 aromatic carbocycles. The average molecular weight is 410 g/mol. The highest BCUT2D eigenvalue weighted by Gasteiger charge is 2.26. The number of carbonyl (C=O) groups is 2. The monoisotopic (exact) mass is 410 g/mol. The molecule has 0 fully saturated rings. The maximum absolute atomic E-state index is 12.4. The largest absolute Gasteiger partial charge is 0.326 e. The van der Waals surface area contributed by atoms with Crippen molar-refractivity contribution in [2.45, 2.75) is 19.3 Å². The number of fused-ring (bicyclic) bond motifs is 2. The van der Waals surface area contributed by atoms with Crippen molar-refractivity contribution >= 4 is 28.8 Å². The van der Waals surface area contributed by atoms with E-state index in [1.54, 1.807) is 0 Å². The van der Waals surface area contributed by atoms with Gasteiger partial charge in [-0.25, -0.2) is 4.98 Å². The molecule has 1 unspecified atom stereocenters. The van der Waals surface area contributed by atoms with Gasteiger partial charge in [0.2, 0.25) is 11.8 Å². The molecule has 0 saturated carbocycles. The molecule has 4 aromatic rings. The molecule has 1 atom stereocenters. The number of hydrogen-bond acceptors (Lipinski definition) is 3. The number of hydrogen-bond donors (Lipinski definition) is 2. The number of carbonyl (C=O) groups excluding carboxylic acids is 2. The molecule has 0 spiro atoms. The summed E-state index contributed by atoms with van der Waals surface area (Å²) in [5.41, 5.74) is 5.49. The number of aromatic nitrogens is 2.